The molecule has 0 atom stereocenters. The molecule has 0 bridgehead atoms. The number of hydrogen-bond acceptors (Lipinski definition) is 7. The first-order chi connectivity index (χ1) is 13.5. The number of fused-ring (bicyclic) bond motifs is 1. The number of furan rings is 1. The maximum Gasteiger partial charge on any atom is 0.433 e. The van der Waals surface area contributed by atoms with E-state index in [1.165, 1.54) is 18.3 Å². The summed E-state index contributed by atoms with van der Waals surface area (Å²) in [5, 5.41) is 19.8. The van der Waals surface area contributed by atoms with Gasteiger partial charge in [-0.3, -0.25) is 15.5 Å². The maximum atomic E-state index is 10.7. The summed E-state index contributed by atoms with van der Waals surface area (Å²) < 4.78 is 6.66. The Hall–Kier alpha value is -3.72. The summed E-state index contributed by atoms with van der Waals surface area (Å²) in [6.45, 7) is 1.86. The highest BCUT2D eigenvalue weighted by molar-refractivity contribution is 6.30. The van der Waals surface area contributed by atoms with Gasteiger partial charge in [0.25, 0.3) is 0 Å². The van der Waals surface area contributed by atoms with E-state index in [-0.39, 0.29) is 11.6 Å². The van der Waals surface area contributed by atoms with Gasteiger partial charge in [-0.25, -0.2) is 4.98 Å². The first-order valence-corrected chi connectivity index (χ1v) is 8.54. The minimum absolute atomic E-state index is 0.253. The van der Waals surface area contributed by atoms with Crippen molar-refractivity contribution in [3.63, 3.8) is 0 Å². The van der Waals surface area contributed by atoms with E-state index in [1.807, 2.05) is 31.2 Å². The molecule has 0 aliphatic carbocycles. The molecule has 0 spiro atoms. The molecule has 0 saturated heterocycles. The van der Waals surface area contributed by atoms with Gasteiger partial charge in [0, 0.05) is 22.3 Å². The lowest BCUT2D eigenvalue weighted by Crippen LogP contribution is -2.02. The van der Waals surface area contributed by atoms with Gasteiger partial charge < -0.3 is 4.42 Å². The van der Waals surface area contributed by atoms with E-state index in [2.05, 4.69) is 20.6 Å². The molecule has 10 heteroatoms. The number of aromatic nitrogens is 3. The predicted octanol–water partition coefficient (Wildman–Crippen LogP) is 4.31. The fourth-order valence-electron chi connectivity index (χ4n) is 2.67. The van der Waals surface area contributed by atoms with Gasteiger partial charge in [0.15, 0.2) is 17.2 Å². The summed E-state index contributed by atoms with van der Waals surface area (Å²) in [6.07, 6.45) is 3.06. The van der Waals surface area contributed by atoms with Gasteiger partial charge in [-0.15, -0.1) is 0 Å². The van der Waals surface area contributed by atoms with Crippen LogP contribution in [0.2, 0.25) is 5.02 Å². The van der Waals surface area contributed by atoms with Crippen LogP contribution in [-0.2, 0) is 0 Å². The Bertz CT molecular complexity index is 1200. The first kappa shape index (κ1) is 17.7. The van der Waals surface area contributed by atoms with Crippen LogP contribution in [0.5, 0.6) is 0 Å². The molecule has 0 radical (unpaired) electrons. The van der Waals surface area contributed by atoms with Crippen molar-refractivity contribution in [1.29, 1.82) is 0 Å². The second kappa shape index (κ2) is 7.12. The largest absolute Gasteiger partial charge is 0.433 e. The number of nitrogens with zero attached hydrogens (tertiary/aromatic N) is 5. The number of benzene rings is 1. The van der Waals surface area contributed by atoms with Crippen molar-refractivity contribution in [2.45, 2.75) is 6.92 Å². The van der Waals surface area contributed by atoms with E-state index < -0.39 is 4.92 Å². The van der Waals surface area contributed by atoms with Crippen molar-refractivity contribution in [3.05, 3.63) is 75.3 Å². The molecule has 0 unspecified atom stereocenters. The van der Waals surface area contributed by atoms with Crippen molar-refractivity contribution in [2.75, 3.05) is 5.43 Å². The van der Waals surface area contributed by atoms with E-state index in [1.54, 1.807) is 16.8 Å². The predicted molar refractivity (Wildman–Crippen MR) is 105 cm³/mol. The van der Waals surface area contributed by atoms with Crippen molar-refractivity contribution in [2.24, 2.45) is 5.10 Å². The van der Waals surface area contributed by atoms with Gasteiger partial charge in [0.05, 0.1) is 18.5 Å². The molecule has 1 aromatic carbocycles. The van der Waals surface area contributed by atoms with Gasteiger partial charge in [0.1, 0.15) is 4.92 Å². The average Bonchev–Trinajstić information content (AvgIpc) is 3.30. The van der Waals surface area contributed by atoms with E-state index >= 15 is 0 Å². The molecule has 4 aromatic rings. The number of hydrogen-bond donors (Lipinski definition) is 1. The third-order valence-electron chi connectivity index (χ3n) is 3.92. The van der Waals surface area contributed by atoms with Gasteiger partial charge in [-0.1, -0.05) is 23.7 Å². The smallest absolute Gasteiger partial charge is 0.400 e. The molecule has 0 saturated carbocycles. The second-order valence-corrected chi connectivity index (χ2v) is 6.32. The zero-order valence-corrected chi connectivity index (χ0v) is 15.3. The van der Waals surface area contributed by atoms with Crippen molar-refractivity contribution in [3.8, 4) is 11.1 Å². The zero-order valence-electron chi connectivity index (χ0n) is 14.5. The zero-order chi connectivity index (χ0) is 19.7. The van der Waals surface area contributed by atoms with Crippen LogP contribution in [0.1, 0.15) is 11.5 Å². The van der Waals surface area contributed by atoms with E-state index in [0.717, 1.165) is 16.8 Å². The summed E-state index contributed by atoms with van der Waals surface area (Å²) in [5.74, 6) is 0.492. The number of nitro groups is 1. The standard InChI is InChI=1S/C18H13ClN6O3/c1-11-8-16(23-20-9-14-6-7-17(28-14)25(26)27)24-18(22-11)15(10-21-24)12-2-4-13(19)5-3-12/h2-10,23H,1H3/b20-9+. The number of hydrazone groups is 1. The number of nitrogens with one attached hydrogen (secondary N) is 1. The van der Waals surface area contributed by atoms with E-state index in [4.69, 9.17) is 16.0 Å². The third kappa shape index (κ3) is 3.42. The van der Waals surface area contributed by atoms with Gasteiger partial charge >= 0.3 is 5.88 Å². The highest BCUT2D eigenvalue weighted by Crippen LogP contribution is 2.27. The summed E-state index contributed by atoms with van der Waals surface area (Å²) in [7, 11) is 0. The summed E-state index contributed by atoms with van der Waals surface area (Å²) in [6, 6.07) is 11.9. The van der Waals surface area contributed by atoms with Crippen molar-refractivity contribution >= 4 is 35.2 Å². The Morgan fingerprint density at radius 3 is 2.79 bits per heavy atom. The third-order valence-corrected chi connectivity index (χ3v) is 4.17. The fraction of sp³-hybridized carbons (Fsp3) is 0.0556. The molecular formula is C18H13ClN6O3. The molecule has 28 heavy (non-hydrogen) atoms. The molecule has 3 aromatic heterocycles. The molecule has 0 fully saturated rings. The highest BCUT2D eigenvalue weighted by Gasteiger charge is 2.13. The molecule has 4 rings (SSSR count). The minimum atomic E-state index is -0.609. The molecule has 140 valence electrons. The average molecular weight is 397 g/mol. The Morgan fingerprint density at radius 2 is 2.07 bits per heavy atom. The van der Waals surface area contributed by atoms with Gasteiger partial charge in [-0.2, -0.15) is 14.7 Å². The molecule has 9 nitrogen and oxygen atoms in total. The summed E-state index contributed by atoms with van der Waals surface area (Å²) in [5.41, 5.74) is 6.10. The van der Waals surface area contributed by atoms with Crippen LogP contribution < -0.4 is 5.43 Å². The highest BCUT2D eigenvalue weighted by atomic mass is 35.5. The van der Waals surface area contributed by atoms with Crippen LogP contribution in [-0.4, -0.2) is 25.7 Å². The number of rotatable bonds is 5. The van der Waals surface area contributed by atoms with Crippen LogP contribution in [0.3, 0.4) is 0 Å². The van der Waals surface area contributed by atoms with Crippen LogP contribution in [0, 0.1) is 17.0 Å². The maximum absolute atomic E-state index is 10.7. The van der Waals surface area contributed by atoms with Gasteiger partial charge in [0.2, 0.25) is 0 Å². The second-order valence-electron chi connectivity index (χ2n) is 5.89. The quantitative estimate of drug-likeness (QED) is 0.306. The fourth-order valence-corrected chi connectivity index (χ4v) is 2.79. The topological polar surface area (TPSA) is 111 Å². The minimum Gasteiger partial charge on any atom is -0.400 e. The molecule has 0 amide bonds. The van der Waals surface area contributed by atoms with E-state index in [9.17, 15) is 10.1 Å². The number of anilines is 1. The number of aryl methyl sites for hydroxylation is 1. The Balaban J connectivity index is 1.64. The van der Waals surface area contributed by atoms with Crippen molar-refractivity contribution in [1.82, 2.24) is 14.6 Å². The summed E-state index contributed by atoms with van der Waals surface area (Å²) in [4.78, 5) is 14.6. The number of halogens is 1. The Morgan fingerprint density at radius 1 is 1.29 bits per heavy atom. The Labute approximate surface area is 163 Å². The van der Waals surface area contributed by atoms with Gasteiger partial charge in [-0.05, 0) is 30.7 Å². The van der Waals surface area contributed by atoms with Crippen LogP contribution in [0.4, 0.5) is 11.7 Å². The molecule has 0 aliphatic rings. The Kier molecular flexibility index (Phi) is 4.50. The monoisotopic (exact) mass is 396 g/mol. The normalized spacial score (nSPS) is 11.4. The lowest BCUT2D eigenvalue weighted by atomic mass is 10.1. The lowest BCUT2D eigenvalue weighted by Gasteiger charge is -2.06. The molecule has 1 N–H and O–H groups in total. The summed E-state index contributed by atoms with van der Waals surface area (Å²) >= 11 is 5.96. The van der Waals surface area contributed by atoms with Crippen LogP contribution >= 0.6 is 11.6 Å². The van der Waals surface area contributed by atoms with Crippen LogP contribution in [0.15, 0.2) is 58.2 Å². The first-order valence-electron chi connectivity index (χ1n) is 8.16. The molecule has 3 heterocycles. The van der Waals surface area contributed by atoms with Crippen molar-refractivity contribution < 1.29 is 9.34 Å². The lowest BCUT2D eigenvalue weighted by molar-refractivity contribution is -0.402. The van der Waals surface area contributed by atoms with Crippen LogP contribution in [0.25, 0.3) is 16.8 Å². The molecule has 0 aliphatic heterocycles. The SMILES string of the molecule is Cc1cc(N/N=C/c2ccc([N+](=O)[O-])o2)n2ncc(-c3ccc(Cl)cc3)c2n1. The molecular weight excluding hydrogens is 384 g/mol. The van der Waals surface area contributed by atoms with E-state index in [0.29, 0.717) is 16.5 Å².